The SMILES string of the molecule is O=C([O-])[O-].O=C([O-])[O-].O=C([O-])[O-].O=P([O-])([O-])[O-].[La+3].[La+3].[La+3]. The average Bonchev–Trinajstić information content (AvgIpc) is 1.73. The van der Waals surface area contributed by atoms with E-state index in [0.717, 1.165) is 0 Å². The molecule has 0 N–H and O–H groups in total. The van der Waals surface area contributed by atoms with Gasteiger partial charge in [0, 0.05) is 0 Å². The first kappa shape index (κ1) is 43.0. The second kappa shape index (κ2) is 28.6. The zero-order valence-electron chi connectivity index (χ0n) is 8.99. The third kappa shape index (κ3) is 2950. The maximum Gasteiger partial charge on any atom is 3.00 e. The predicted molar refractivity (Wildman–Crippen MR) is 23.8 cm³/mol. The van der Waals surface area contributed by atoms with Crippen molar-refractivity contribution in [2.75, 3.05) is 0 Å². The minimum Gasteiger partial charge on any atom is -0.822 e. The van der Waals surface area contributed by atoms with E-state index >= 15 is 0 Å². The Labute approximate surface area is 194 Å². The van der Waals surface area contributed by atoms with Gasteiger partial charge in [0.25, 0.3) is 0 Å². The molecule has 0 amide bonds. The van der Waals surface area contributed by atoms with Crippen molar-refractivity contribution in [1.82, 2.24) is 0 Å². The van der Waals surface area contributed by atoms with Crippen LogP contribution in [0.1, 0.15) is 0 Å². The van der Waals surface area contributed by atoms with Crippen molar-refractivity contribution in [3.63, 3.8) is 0 Å². The molecule has 0 fully saturated rings. The van der Waals surface area contributed by atoms with Gasteiger partial charge in [-0.05, 0) is 18.5 Å². The maximum atomic E-state index is 8.55. The van der Waals surface area contributed by atoms with Gasteiger partial charge in [-0.1, -0.05) is 0 Å². The number of rotatable bonds is 0. The molecule has 0 unspecified atom stereocenters. The molecule has 0 aromatic carbocycles. The van der Waals surface area contributed by atoms with Crippen molar-refractivity contribution in [1.29, 1.82) is 0 Å². The Morgan fingerprint density at radius 1 is 0.550 bits per heavy atom. The maximum absolute atomic E-state index is 8.55. The Morgan fingerprint density at radius 2 is 0.550 bits per heavy atom. The molecule has 0 aliphatic heterocycles. The summed E-state index contributed by atoms with van der Waals surface area (Å²) in [5, 5.41) is 50.0. The monoisotopic (exact) mass is 692 g/mol. The summed E-state index contributed by atoms with van der Waals surface area (Å²) in [4.78, 5) is 50.6. The van der Waals surface area contributed by atoms with Crippen molar-refractivity contribution < 1.29 is 171 Å². The minimum atomic E-state index is -5.39. The van der Waals surface area contributed by atoms with E-state index in [4.69, 9.17) is 64.3 Å². The molecule has 20 heavy (non-hydrogen) atoms. The second-order valence-corrected chi connectivity index (χ2v) is 2.09. The number of hydrogen-bond donors (Lipinski definition) is 0. The van der Waals surface area contributed by atoms with Gasteiger partial charge in [0.1, 0.15) is 0 Å². The standard InChI is InChI=1S/3CH2O3.3La.H3O4P/c3*2-1(3)4;;;;1-5(2,3)4/h3*(H2,2,3,4);;;;(H3,1,2,3,4)/q;;;3*+3;/p-9. The van der Waals surface area contributed by atoms with Crippen LogP contribution < -0.4 is 45.3 Å². The third-order valence-corrected chi connectivity index (χ3v) is 0. The van der Waals surface area contributed by atoms with Crippen molar-refractivity contribution in [2.24, 2.45) is 0 Å². The molecule has 17 heteroatoms. The molecule has 0 saturated carbocycles. The summed E-state index contributed by atoms with van der Waals surface area (Å²) in [5.74, 6) is 0. The van der Waals surface area contributed by atoms with Crippen LogP contribution in [-0.4, -0.2) is 18.5 Å². The normalized spacial score (nSPS) is 6.55. The summed E-state index contributed by atoms with van der Waals surface area (Å²) >= 11 is 0. The van der Waals surface area contributed by atoms with E-state index in [1.165, 1.54) is 0 Å². The number of hydrogen-bond acceptors (Lipinski definition) is 13. The Bertz CT molecular complexity index is 225. The molecule has 0 aromatic rings. The Hall–Kier alpha value is 1.50. The second-order valence-electron chi connectivity index (χ2n) is 1.20. The van der Waals surface area contributed by atoms with Crippen LogP contribution in [0.3, 0.4) is 0 Å². The van der Waals surface area contributed by atoms with Gasteiger partial charge in [0.05, 0.1) is 0 Å². The molecule has 0 aliphatic rings. The third-order valence-electron chi connectivity index (χ3n) is 0. The van der Waals surface area contributed by atoms with E-state index < -0.39 is 26.3 Å². The van der Waals surface area contributed by atoms with Gasteiger partial charge in [-0.2, -0.15) is 7.82 Å². The first-order valence-corrected chi connectivity index (χ1v) is 4.03. The van der Waals surface area contributed by atoms with Gasteiger partial charge < -0.3 is 64.3 Å². The van der Waals surface area contributed by atoms with E-state index in [-0.39, 0.29) is 107 Å². The number of carbonyl (C=O) groups is 3. The molecule has 0 spiro atoms. The smallest absolute Gasteiger partial charge is 0.822 e. The van der Waals surface area contributed by atoms with Crippen LogP contribution in [0, 0.1) is 107 Å². The van der Waals surface area contributed by atoms with Gasteiger partial charge in [0.2, 0.25) is 0 Å². The molecule has 0 aliphatic carbocycles. The molecular weight excluding hydrogens is 692 g/mol. The van der Waals surface area contributed by atoms with Crippen LogP contribution in [0.2, 0.25) is 0 Å². The fourth-order valence-electron chi connectivity index (χ4n) is 0. The molecule has 0 bridgehead atoms. The van der Waals surface area contributed by atoms with Crippen LogP contribution in [0.15, 0.2) is 0 Å². The summed E-state index contributed by atoms with van der Waals surface area (Å²) in [6, 6.07) is 0. The zero-order chi connectivity index (χ0) is 15.2. The number of carbonyl (C=O) groups excluding carboxylic acids is 3. The van der Waals surface area contributed by atoms with Crippen LogP contribution in [0.4, 0.5) is 14.4 Å². The van der Waals surface area contributed by atoms with E-state index in [9.17, 15) is 0 Å². The minimum absolute atomic E-state index is 0. The van der Waals surface area contributed by atoms with Gasteiger partial charge >= 0.3 is 107 Å². The molecule has 0 rings (SSSR count). The summed E-state index contributed by atoms with van der Waals surface area (Å²) in [5.41, 5.74) is 0. The molecule has 0 radical (unpaired) electrons. The van der Waals surface area contributed by atoms with E-state index in [1.54, 1.807) is 0 Å². The van der Waals surface area contributed by atoms with Crippen molar-refractivity contribution in [3.8, 4) is 0 Å². The summed E-state index contributed by atoms with van der Waals surface area (Å²) < 4.78 is 8.55. The Balaban J connectivity index is -0.0000000216. The fourth-order valence-corrected chi connectivity index (χ4v) is 0. The van der Waals surface area contributed by atoms with Crippen molar-refractivity contribution in [2.45, 2.75) is 0 Å². The fraction of sp³-hybridized carbons (Fsp3) is 0. The van der Waals surface area contributed by atoms with E-state index in [0.29, 0.717) is 0 Å². The summed E-state index contributed by atoms with van der Waals surface area (Å²) in [6.07, 6.45) is -7.00. The van der Waals surface area contributed by atoms with Crippen LogP contribution in [0.25, 0.3) is 0 Å². The van der Waals surface area contributed by atoms with E-state index in [2.05, 4.69) is 0 Å². The van der Waals surface area contributed by atoms with Gasteiger partial charge in [-0.3, -0.25) is 0 Å². The molecule has 104 valence electrons. The predicted octanol–water partition coefficient (Wildman–Crippen LogP) is -10.2. The van der Waals surface area contributed by atoms with Crippen LogP contribution >= 0.6 is 7.82 Å². The van der Waals surface area contributed by atoms with Gasteiger partial charge in [-0.15, -0.1) is 0 Å². The Kier molecular flexibility index (Phi) is 61.5. The van der Waals surface area contributed by atoms with Crippen molar-refractivity contribution >= 4 is 26.3 Å². The van der Waals surface area contributed by atoms with Gasteiger partial charge in [0.15, 0.2) is 0 Å². The first-order chi connectivity index (χ1) is 7.20. The first-order valence-electron chi connectivity index (χ1n) is 2.57. The van der Waals surface area contributed by atoms with Crippen LogP contribution in [0.5, 0.6) is 0 Å². The molecule has 0 atom stereocenters. The number of carboxylic acid groups (broad SMARTS) is 6. The summed E-state index contributed by atoms with van der Waals surface area (Å²) in [7, 11) is -5.39. The topological polar surface area (TPSA) is 276 Å². The molecule has 0 aromatic heterocycles. The average molecular weight is 692 g/mol. The number of phosphoric acid groups is 1. The Morgan fingerprint density at radius 3 is 0.550 bits per heavy atom. The molecule has 13 nitrogen and oxygen atoms in total. The van der Waals surface area contributed by atoms with Crippen molar-refractivity contribution in [3.05, 3.63) is 0 Å². The summed E-state index contributed by atoms with van der Waals surface area (Å²) in [6.45, 7) is 0. The zero-order valence-corrected chi connectivity index (χ0v) is 20.8. The van der Waals surface area contributed by atoms with Gasteiger partial charge in [-0.25, -0.2) is 0 Å². The molecule has 0 saturated heterocycles. The molecule has 0 heterocycles. The largest absolute Gasteiger partial charge is 3.00 e. The van der Waals surface area contributed by atoms with E-state index in [1.807, 2.05) is 0 Å². The molecular formula is C3La3O13P. The quantitative estimate of drug-likeness (QED) is 0.214. The van der Waals surface area contributed by atoms with Crippen LogP contribution in [-0.2, 0) is 4.57 Å².